The molecule has 148 valence electrons. The minimum atomic E-state index is -1.13. The Morgan fingerprint density at radius 1 is 0.966 bits per heavy atom. The van der Waals surface area contributed by atoms with E-state index < -0.39 is 11.4 Å². The maximum absolute atomic E-state index is 12.5. The lowest BCUT2D eigenvalue weighted by Crippen LogP contribution is -2.39. The van der Waals surface area contributed by atoms with Crippen molar-refractivity contribution >= 4 is 12.3 Å². The van der Waals surface area contributed by atoms with Crippen LogP contribution in [0, 0.1) is 0 Å². The standard InChI is InChI=1S/C25H24O4/c1-25(24(27)28,21-13-6-3-7-14-21)22(19-10-4-2-5-11-19)16-17-29-23-15-9-8-12-20(23)18-26/h2-15,18,22H,16-17H2,1H3,(H,27,28). The number of benzene rings is 3. The van der Waals surface area contributed by atoms with Crippen molar-refractivity contribution in [3.63, 3.8) is 0 Å². The Hall–Kier alpha value is -3.40. The van der Waals surface area contributed by atoms with E-state index in [0.717, 1.165) is 17.4 Å². The summed E-state index contributed by atoms with van der Waals surface area (Å²) in [6, 6.07) is 26.0. The van der Waals surface area contributed by atoms with Crippen LogP contribution in [0.3, 0.4) is 0 Å². The maximum atomic E-state index is 12.5. The van der Waals surface area contributed by atoms with E-state index in [1.54, 1.807) is 25.1 Å². The summed E-state index contributed by atoms with van der Waals surface area (Å²) >= 11 is 0. The van der Waals surface area contributed by atoms with E-state index in [4.69, 9.17) is 4.74 Å². The van der Waals surface area contributed by atoms with Crippen LogP contribution in [-0.4, -0.2) is 24.0 Å². The van der Waals surface area contributed by atoms with Gasteiger partial charge in [-0.1, -0.05) is 72.8 Å². The summed E-state index contributed by atoms with van der Waals surface area (Å²) in [6.45, 7) is 2.06. The smallest absolute Gasteiger partial charge is 0.314 e. The van der Waals surface area contributed by atoms with Gasteiger partial charge in [0.2, 0.25) is 0 Å². The Labute approximate surface area is 170 Å². The molecule has 3 aromatic rings. The Bertz CT molecular complexity index is 953. The second-order valence-corrected chi connectivity index (χ2v) is 7.13. The molecule has 0 radical (unpaired) electrons. The maximum Gasteiger partial charge on any atom is 0.314 e. The number of carbonyl (C=O) groups excluding carboxylic acids is 1. The zero-order valence-corrected chi connectivity index (χ0v) is 16.3. The van der Waals surface area contributed by atoms with Crippen LogP contribution < -0.4 is 4.74 Å². The first kappa shape index (κ1) is 20.3. The highest BCUT2D eigenvalue weighted by Crippen LogP contribution is 2.41. The summed E-state index contributed by atoms with van der Waals surface area (Å²) in [6.07, 6.45) is 1.24. The summed E-state index contributed by atoms with van der Waals surface area (Å²) in [5, 5.41) is 10.2. The third kappa shape index (κ3) is 4.37. The first-order valence-corrected chi connectivity index (χ1v) is 9.58. The Balaban J connectivity index is 1.92. The number of aliphatic carboxylic acids is 1. The van der Waals surface area contributed by atoms with Crippen molar-refractivity contribution in [3.8, 4) is 5.75 Å². The van der Waals surface area contributed by atoms with Crippen molar-refractivity contribution in [1.82, 2.24) is 0 Å². The molecule has 0 aromatic heterocycles. The lowest BCUT2D eigenvalue weighted by molar-refractivity contribution is -0.144. The molecule has 0 heterocycles. The molecule has 0 aliphatic carbocycles. The van der Waals surface area contributed by atoms with Crippen LogP contribution in [0.2, 0.25) is 0 Å². The van der Waals surface area contributed by atoms with Crippen LogP contribution in [0.1, 0.15) is 40.7 Å². The highest BCUT2D eigenvalue weighted by molar-refractivity contribution is 5.82. The minimum absolute atomic E-state index is 0.292. The molecule has 0 spiro atoms. The molecule has 0 amide bonds. The first-order chi connectivity index (χ1) is 14.1. The van der Waals surface area contributed by atoms with Crippen molar-refractivity contribution in [1.29, 1.82) is 0 Å². The van der Waals surface area contributed by atoms with Gasteiger partial charge in [-0.05, 0) is 36.6 Å². The molecule has 4 heteroatoms. The highest BCUT2D eigenvalue weighted by Gasteiger charge is 2.43. The summed E-state index contributed by atoms with van der Waals surface area (Å²) in [5.74, 6) is -0.691. The molecule has 0 saturated heterocycles. The Morgan fingerprint density at radius 3 is 2.17 bits per heavy atom. The third-order valence-corrected chi connectivity index (χ3v) is 5.43. The average Bonchev–Trinajstić information content (AvgIpc) is 2.77. The minimum Gasteiger partial charge on any atom is -0.493 e. The van der Waals surface area contributed by atoms with E-state index in [-0.39, 0.29) is 5.92 Å². The van der Waals surface area contributed by atoms with Gasteiger partial charge in [-0.3, -0.25) is 9.59 Å². The molecule has 3 rings (SSSR count). The largest absolute Gasteiger partial charge is 0.493 e. The molecular weight excluding hydrogens is 364 g/mol. The van der Waals surface area contributed by atoms with Crippen LogP contribution in [0.15, 0.2) is 84.9 Å². The molecule has 1 N–H and O–H groups in total. The quantitative estimate of drug-likeness (QED) is 0.518. The number of rotatable bonds is 9. The van der Waals surface area contributed by atoms with E-state index >= 15 is 0 Å². The fourth-order valence-corrected chi connectivity index (χ4v) is 3.73. The van der Waals surface area contributed by atoms with Crippen molar-refractivity contribution in [2.45, 2.75) is 24.7 Å². The van der Waals surface area contributed by atoms with Gasteiger partial charge in [0.25, 0.3) is 0 Å². The molecule has 0 bridgehead atoms. The lowest BCUT2D eigenvalue weighted by atomic mass is 9.67. The van der Waals surface area contributed by atoms with Gasteiger partial charge >= 0.3 is 5.97 Å². The number of carboxylic acids is 1. The summed E-state index contributed by atoms with van der Waals surface area (Å²) in [7, 11) is 0. The molecule has 4 nitrogen and oxygen atoms in total. The van der Waals surface area contributed by atoms with Crippen LogP contribution >= 0.6 is 0 Å². The van der Waals surface area contributed by atoms with Gasteiger partial charge < -0.3 is 9.84 Å². The first-order valence-electron chi connectivity index (χ1n) is 9.58. The number of carboxylic acid groups (broad SMARTS) is 1. The summed E-state index contributed by atoms with van der Waals surface area (Å²) in [5.41, 5.74) is 1.03. The van der Waals surface area contributed by atoms with Crippen LogP contribution in [0.25, 0.3) is 0 Å². The zero-order chi connectivity index (χ0) is 20.7. The summed E-state index contributed by atoms with van der Waals surface area (Å²) < 4.78 is 5.87. The summed E-state index contributed by atoms with van der Waals surface area (Å²) in [4.78, 5) is 23.7. The second kappa shape index (κ2) is 9.20. The van der Waals surface area contributed by atoms with Gasteiger partial charge in [0.1, 0.15) is 5.75 Å². The van der Waals surface area contributed by atoms with E-state index in [1.165, 1.54) is 0 Å². The number of hydrogen-bond donors (Lipinski definition) is 1. The van der Waals surface area contributed by atoms with E-state index in [9.17, 15) is 14.7 Å². The van der Waals surface area contributed by atoms with Gasteiger partial charge in [0.05, 0.1) is 17.6 Å². The predicted molar refractivity (Wildman–Crippen MR) is 113 cm³/mol. The molecule has 0 aliphatic rings. The number of aldehydes is 1. The van der Waals surface area contributed by atoms with Crippen LogP contribution in [0.4, 0.5) is 0 Å². The molecule has 29 heavy (non-hydrogen) atoms. The normalized spacial score (nSPS) is 13.8. The van der Waals surface area contributed by atoms with Crippen molar-refractivity contribution in [2.24, 2.45) is 0 Å². The van der Waals surface area contributed by atoms with Gasteiger partial charge in [0.15, 0.2) is 6.29 Å². The molecule has 2 atom stereocenters. The highest BCUT2D eigenvalue weighted by atomic mass is 16.5. The average molecular weight is 388 g/mol. The van der Waals surface area contributed by atoms with Crippen molar-refractivity contribution in [3.05, 3.63) is 102 Å². The van der Waals surface area contributed by atoms with Gasteiger partial charge in [0, 0.05) is 5.92 Å². The topological polar surface area (TPSA) is 63.6 Å². The van der Waals surface area contributed by atoms with E-state index in [1.807, 2.05) is 66.7 Å². The monoisotopic (exact) mass is 388 g/mol. The Kier molecular flexibility index (Phi) is 6.45. The SMILES string of the molecule is CC(C(=O)O)(c1ccccc1)C(CCOc1ccccc1C=O)c1ccccc1. The third-order valence-electron chi connectivity index (χ3n) is 5.43. The molecule has 0 saturated carbocycles. The fourth-order valence-electron chi connectivity index (χ4n) is 3.73. The van der Waals surface area contributed by atoms with Gasteiger partial charge in [-0.2, -0.15) is 0 Å². The lowest BCUT2D eigenvalue weighted by Gasteiger charge is -2.35. The van der Waals surface area contributed by atoms with Crippen LogP contribution in [0.5, 0.6) is 5.75 Å². The Morgan fingerprint density at radius 2 is 1.55 bits per heavy atom. The number of hydrogen-bond acceptors (Lipinski definition) is 3. The zero-order valence-electron chi connectivity index (χ0n) is 16.3. The number of carbonyl (C=O) groups is 2. The van der Waals surface area contributed by atoms with Crippen LogP contribution in [-0.2, 0) is 10.2 Å². The number of para-hydroxylation sites is 1. The molecule has 3 aromatic carbocycles. The van der Waals surface area contributed by atoms with Crippen molar-refractivity contribution < 1.29 is 19.4 Å². The van der Waals surface area contributed by atoms with E-state index in [0.29, 0.717) is 24.3 Å². The fraction of sp³-hybridized carbons (Fsp3) is 0.200. The van der Waals surface area contributed by atoms with Gasteiger partial charge in [-0.15, -0.1) is 0 Å². The van der Waals surface area contributed by atoms with Crippen molar-refractivity contribution in [2.75, 3.05) is 6.61 Å². The molecule has 2 unspecified atom stereocenters. The molecule has 0 aliphatic heterocycles. The predicted octanol–water partition coefficient (Wildman–Crippen LogP) is 5.09. The second-order valence-electron chi connectivity index (χ2n) is 7.13. The molecular formula is C25H24O4. The van der Waals surface area contributed by atoms with Gasteiger partial charge in [-0.25, -0.2) is 0 Å². The number of ether oxygens (including phenoxy) is 1. The molecule has 0 fully saturated rings. The van der Waals surface area contributed by atoms with E-state index in [2.05, 4.69) is 0 Å².